The number of ether oxygens (including phenoxy) is 1. The molecule has 1 aromatic heterocycles. The lowest BCUT2D eigenvalue weighted by Gasteiger charge is -2.17. The maximum Gasteiger partial charge on any atom is 0.265 e. The standard InChI is InChI=1S/C18H17N3O3/c1-11(16(19)22)17-20-15-9-4-3-8-14(15)18(23)21(17)12-6-5-7-13(10-12)24-2/h3-11H,1-2H3,(H2,19,22). The average Bonchev–Trinajstić information content (AvgIpc) is 2.61. The number of carbonyl (C=O) groups excluding carboxylic acids is 1. The van der Waals surface area contributed by atoms with Gasteiger partial charge in [-0.1, -0.05) is 18.2 Å². The maximum atomic E-state index is 13.0. The first-order valence-electron chi connectivity index (χ1n) is 7.48. The SMILES string of the molecule is COc1cccc(-n2c(C(C)C(N)=O)nc3ccccc3c2=O)c1. The fraction of sp³-hybridized carbons (Fsp3) is 0.167. The summed E-state index contributed by atoms with van der Waals surface area (Å²) in [7, 11) is 1.55. The zero-order valence-electron chi connectivity index (χ0n) is 13.4. The van der Waals surface area contributed by atoms with Gasteiger partial charge >= 0.3 is 0 Å². The molecule has 24 heavy (non-hydrogen) atoms. The van der Waals surface area contributed by atoms with Crippen LogP contribution in [0.5, 0.6) is 5.75 Å². The van der Waals surface area contributed by atoms with E-state index in [1.165, 1.54) is 4.57 Å². The zero-order valence-corrected chi connectivity index (χ0v) is 13.4. The molecule has 1 atom stereocenters. The van der Waals surface area contributed by atoms with Gasteiger partial charge in [-0.2, -0.15) is 0 Å². The van der Waals surface area contributed by atoms with Gasteiger partial charge in [-0.3, -0.25) is 14.2 Å². The molecule has 0 aliphatic carbocycles. The minimum Gasteiger partial charge on any atom is -0.497 e. The van der Waals surface area contributed by atoms with Crippen LogP contribution in [-0.2, 0) is 4.79 Å². The molecule has 3 rings (SSSR count). The number of methoxy groups -OCH3 is 1. The van der Waals surface area contributed by atoms with Gasteiger partial charge in [0.05, 0.1) is 29.6 Å². The van der Waals surface area contributed by atoms with Crippen molar-refractivity contribution in [2.24, 2.45) is 5.73 Å². The number of hydrogen-bond acceptors (Lipinski definition) is 4. The van der Waals surface area contributed by atoms with Crippen molar-refractivity contribution in [2.75, 3.05) is 7.11 Å². The van der Waals surface area contributed by atoms with E-state index in [9.17, 15) is 9.59 Å². The van der Waals surface area contributed by atoms with Crippen LogP contribution < -0.4 is 16.0 Å². The summed E-state index contributed by atoms with van der Waals surface area (Å²) in [6.45, 7) is 1.63. The van der Waals surface area contributed by atoms with Crippen molar-refractivity contribution in [3.05, 3.63) is 64.7 Å². The predicted molar refractivity (Wildman–Crippen MR) is 91.5 cm³/mol. The Morgan fingerprint density at radius 3 is 2.67 bits per heavy atom. The molecule has 1 unspecified atom stereocenters. The first-order valence-corrected chi connectivity index (χ1v) is 7.48. The number of rotatable bonds is 4. The molecule has 3 aromatic rings. The predicted octanol–water partition coefficient (Wildman–Crippen LogP) is 1.98. The van der Waals surface area contributed by atoms with Gasteiger partial charge in [0.25, 0.3) is 5.56 Å². The summed E-state index contributed by atoms with van der Waals surface area (Å²) in [5, 5.41) is 0.473. The largest absolute Gasteiger partial charge is 0.497 e. The van der Waals surface area contributed by atoms with Gasteiger partial charge in [0.2, 0.25) is 5.91 Å². The van der Waals surface area contributed by atoms with Gasteiger partial charge in [0.1, 0.15) is 11.6 Å². The van der Waals surface area contributed by atoms with Gasteiger partial charge in [-0.25, -0.2) is 4.98 Å². The Morgan fingerprint density at radius 2 is 1.96 bits per heavy atom. The summed E-state index contributed by atoms with van der Waals surface area (Å²) in [5.41, 5.74) is 6.30. The van der Waals surface area contributed by atoms with E-state index in [1.807, 2.05) is 0 Å². The van der Waals surface area contributed by atoms with Crippen molar-refractivity contribution in [2.45, 2.75) is 12.8 Å². The van der Waals surface area contributed by atoms with Gasteiger partial charge in [-0.15, -0.1) is 0 Å². The Balaban J connectivity index is 2.39. The highest BCUT2D eigenvalue weighted by Crippen LogP contribution is 2.21. The third-order valence-corrected chi connectivity index (χ3v) is 3.93. The van der Waals surface area contributed by atoms with Gasteiger partial charge in [0, 0.05) is 6.07 Å². The fourth-order valence-corrected chi connectivity index (χ4v) is 2.57. The van der Waals surface area contributed by atoms with Crippen molar-refractivity contribution >= 4 is 16.8 Å². The number of para-hydroxylation sites is 1. The summed E-state index contributed by atoms with van der Waals surface area (Å²) >= 11 is 0. The van der Waals surface area contributed by atoms with Crippen molar-refractivity contribution in [3.8, 4) is 11.4 Å². The molecule has 6 nitrogen and oxygen atoms in total. The molecule has 1 heterocycles. The fourth-order valence-electron chi connectivity index (χ4n) is 2.57. The van der Waals surface area contributed by atoms with E-state index >= 15 is 0 Å². The monoisotopic (exact) mass is 323 g/mol. The number of aromatic nitrogens is 2. The first kappa shape index (κ1) is 15.7. The van der Waals surface area contributed by atoms with E-state index in [2.05, 4.69) is 4.98 Å². The lowest BCUT2D eigenvalue weighted by atomic mass is 10.1. The molecule has 0 bridgehead atoms. The highest BCUT2D eigenvalue weighted by atomic mass is 16.5. The van der Waals surface area contributed by atoms with Gasteiger partial charge in [0.15, 0.2) is 0 Å². The van der Waals surface area contributed by atoms with Crippen LogP contribution in [-0.4, -0.2) is 22.6 Å². The summed E-state index contributed by atoms with van der Waals surface area (Å²) in [5.74, 6) is -0.355. The Bertz CT molecular complexity index is 979. The van der Waals surface area contributed by atoms with E-state index in [4.69, 9.17) is 10.5 Å². The van der Waals surface area contributed by atoms with Crippen LogP contribution >= 0.6 is 0 Å². The highest BCUT2D eigenvalue weighted by molar-refractivity contribution is 5.83. The van der Waals surface area contributed by atoms with Crippen LogP contribution in [0.4, 0.5) is 0 Å². The molecular weight excluding hydrogens is 306 g/mol. The minimum absolute atomic E-state index is 0.253. The van der Waals surface area contributed by atoms with Crippen LogP contribution in [0.3, 0.4) is 0 Å². The van der Waals surface area contributed by atoms with Gasteiger partial charge < -0.3 is 10.5 Å². The van der Waals surface area contributed by atoms with Crippen molar-refractivity contribution in [1.29, 1.82) is 0 Å². The summed E-state index contributed by atoms with van der Waals surface area (Å²) < 4.78 is 6.64. The molecule has 122 valence electrons. The van der Waals surface area contributed by atoms with Crippen LogP contribution in [0.15, 0.2) is 53.3 Å². The molecule has 0 aliphatic heterocycles. The van der Waals surface area contributed by atoms with E-state index in [1.54, 1.807) is 62.6 Å². The quantitative estimate of drug-likeness (QED) is 0.795. The number of carbonyl (C=O) groups is 1. The molecule has 0 saturated carbocycles. The molecule has 2 aromatic carbocycles. The van der Waals surface area contributed by atoms with Crippen LogP contribution in [0.2, 0.25) is 0 Å². The number of fused-ring (bicyclic) bond motifs is 1. The molecule has 2 N–H and O–H groups in total. The number of hydrogen-bond donors (Lipinski definition) is 1. The van der Waals surface area contributed by atoms with Crippen LogP contribution in [0.25, 0.3) is 16.6 Å². The Hall–Kier alpha value is -3.15. The number of amides is 1. The first-order chi connectivity index (χ1) is 11.5. The average molecular weight is 323 g/mol. The van der Waals surface area contributed by atoms with Gasteiger partial charge in [-0.05, 0) is 31.2 Å². The van der Waals surface area contributed by atoms with E-state index < -0.39 is 11.8 Å². The molecule has 0 radical (unpaired) electrons. The molecule has 0 saturated heterocycles. The summed E-state index contributed by atoms with van der Waals surface area (Å²) in [6, 6.07) is 14.0. The molecule has 6 heteroatoms. The smallest absolute Gasteiger partial charge is 0.265 e. The van der Waals surface area contributed by atoms with Crippen LogP contribution in [0, 0.1) is 0 Å². The number of benzene rings is 2. The third kappa shape index (κ3) is 2.62. The number of primary amides is 1. The molecular formula is C18H17N3O3. The number of nitrogens with zero attached hydrogens (tertiary/aromatic N) is 2. The Kier molecular flexibility index (Phi) is 4.04. The normalized spacial score (nSPS) is 12.1. The summed E-state index contributed by atoms with van der Waals surface area (Å²) in [6.07, 6.45) is 0. The highest BCUT2D eigenvalue weighted by Gasteiger charge is 2.21. The van der Waals surface area contributed by atoms with E-state index in [0.717, 1.165) is 0 Å². The second kappa shape index (κ2) is 6.16. The van der Waals surface area contributed by atoms with Crippen molar-refractivity contribution in [3.63, 3.8) is 0 Å². The molecule has 0 aliphatic rings. The minimum atomic E-state index is -0.714. The summed E-state index contributed by atoms with van der Waals surface area (Å²) in [4.78, 5) is 29.2. The lowest BCUT2D eigenvalue weighted by molar-refractivity contribution is -0.119. The third-order valence-electron chi connectivity index (χ3n) is 3.93. The van der Waals surface area contributed by atoms with Crippen molar-refractivity contribution < 1.29 is 9.53 Å². The zero-order chi connectivity index (χ0) is 17.3. The second-order valence-corrected chi connectivity index (χ2v) is 5.45. The maximum absolute atomic E-state index is 13.0. The van der Waals surface area contributed by atoms with Crippen molar-refractivity contribution in [1.82, 2.24) is 9.55 Å². The number of nitrogens with two attached hydrogens (primary N) is 1. The molecule has 0 fully saturated rings. The van der Waals surface area contributed by atoms with Crippen LogP contribution in [0.1, 0.15) is 18.7 Å². The molecule has 0 spiro atoms. The Morgan fingerprint density at radius 1 is 1.21 bits per heavy atom. The molecule has 1 amide bonds. The van der Waals surface area contributed by atoms with E-state index in [-0.39, 0.29) is 5.56 Å². The Labute approximate surface area is 138 Å². The lowest BCUT2D eigenvalue weighted by Crippen LogP contribution is -2.30. The topological polar surface area (TPSA) is 87.2 Å². The van der Waals surface area contributed by atoms with E-state index in [0.29, 0.717) is 28.2 Å². The second-order valence-electron chi connectivity index (χ2n) is 5.45.